The first-order chi connectivity index (χ1) is 12.2. The number of rotatable bonds is 3. The Hall–Kier alpha value is -2.13. The lowest BCUT2D eigenvalue weighted by molar-refractivity contribution is -0.283. The van der Waals surface area contributed by atoms with Crippen LogP contribution in [0.2, 0.25) is 0 Å². The van der Waals surface area contributed by atoms with Gasteiger partial charge in [0, 0.05) is 7.05 Å². The molecule has 1 heterocycles. The molecule has 4 saturated carbocycles. The number of amides is 2. The molecule has 1 aromatic rings. The molecule has 0 spiro atoms. The lowest BCUT2D eigenvalue weighted by atomic mass is 9.43. The molecule has 1 aromatic heterocycles. The monoisotopic (exact) mass is 371 g/mol. The van der Waals surface area contributed by atoms with Crippen LogP contribution >= 0.6 is 0 Å². The zero-order valence-corrected chi connectivity index (χ0v) is 14.2. The number of H-pyrrole nitrogens is 1. The summed E-state index contributed by atoms with van der Waals surface area (Å²) in [6.07, 6.45) is -2.57. The van der Waals surface area contributed by atoms with Crippen LogP contribution in [0.5, 0.6) is 0 Å². The molecule has 5 rings (SSSR count). The minimum Gasteiger partial charge on any atom is -0.354 e. The molecule has 2 atom stereocenters. The Labute approximate surface area is 147 Å². The highest BCUT2D eigenvalue weighted by atomic mass is 19.4. The van der Waals surface area contributed by atoms with Crippen LogP contribution in [-0.2, 0) is 4.79 Å². The Morgan fingerprint density at radius 1 is 1.15 bits per heavy atom. The predicted octanol–water partition coefficient (Wildman–Crippen LogP) is 2.25. The summed E-state index contributed by atoms with van der Waals surface area (Å²) in [7, 11) is 1.41. The maximum Gasteiger partial charge on any atom is 0.394 e. The fourth-order valence-corrected chi connectivity index (χ4v) is 5.69. The SMILES string of the molecule is CNC(=O)c1n[nH]nc1NC(=O)C12CC3CC(C1)CC(C(F)(F)F)(C3)C2. The summed E-state index contributed by atoms with van der Waals surface area (Å²) in [5.74, 6) is -1.24. The smallest absolute Gasteiger partial charge is 0.354 e. The third-order valence-corrected chi connectivity index (χ3v) is 6.37. The fourth-order valence-electron chi connectivity index (χ4n) is 5.69. The summed E-state index contributed by atoms with van der Waals surface area (Å²) in [6, 6.07) is 0. The highest BCUT2D eigenvalue weighted by Gasteiger charge is 2.68. The molecule has 2 unspecified atom stereocenters. The van der Waals surface area contributed by atoms with E-state index in [0.717, 1.165) is 6.42 Å². The number of alkyl halides is 3. The van der Waals surface area contributed by atoms with Gasteiger partial charge in [-0.3, -0.25) is 9.59 Å². The van der Waals surface area contributed by atoms with Gasteiger partial charge in [0.1, 0.15) is 0 Å². The molecular formula is C16H20F3N5O2. The largest absolute Gasteiger partial charge is 0.394 e. The predicted molar refractivity (Wildman–Crippen MR) is 84.0 cm³/mol. The molecule has 10 heteroatoms. The minimum atomic E-state index is -4.31. The van der Waals surface area contributed by atoms with Crippen molar-refractivity contribution in [2.75, 3.05) is 12.4 Å². The number of carbonyl (C=O) groups excluding carboxylic acids is 2. The molecule has 0 aromatic carbocycles. The third-order valence-electron chi connectivity index (χ3n) is 6.37. The second kappa shape index (κ2) is 5.43. The number of aromatic amines is 1. The van der Waals surface area contributed by atoms with Gasteiger partial charge in [-0.1, -0.05) is 0 Å². The van der Waals surface area contributed by atoms with Crippen molar-refractivity contribution in [2.24, 2.45) is 22.7 Å². The number of nitrogens with one attached hydrogen (secondary N) is 3. The molecule has 4 bridgehead atoms. The van der Waals surface area contributed by atoms with E-state index in [0.29, 0.717) is 12.8 Å². The number of hydrogen-bond donors (Lipinski definition) is 3. The summed E-state index contributed by atoms with van der Waals surface area (Å²) in [5.41, 5.74) is -2.91. The van der Waals surface area contributed by atoms with Gasteiger partial charge in [-0.25, -0.2) is 0 Å². The highest BCUT2D eigenvalue weighted by Crippen LogP contribution is 2.69. The maximum absolute atomic E-state index is 13.8. The van der Waals surface area contributed by atoms with Gasteiger partial charge in [-0.05, 0) is 50.4 Å². The van der Waals surface area contributed by atoms with E-state index in [2.05, 4.69) is 26.0 Å². The molecular weight excluding hydrogens is 351 g/mol. The van der Waals surface area contributed by atoms with E-state index in [-0.39, 0.29) is 42.6 Å². The molecule has 0 saturated heterocycles. The molecule has 4 aliphatic rings. The van der Waals surface area contributed by atoms with E-state index in [1.165, 1.54) is 7.05 Å². The molecule has 2 amide bonds. The van der Waals surface area contributed by atoms with Gasteiger partial charge < -0.3 is 10.6 Å². The second-order valence-corrected chi connectivity index (χ2v) is 8.07. The van der Waals surface area contributed by atoms with Crippen LogP contribution in [0.4, 0.5) is 19.0 Å². The van der Waals surface area contributed by atoms with Crippen molar-refractivity contribution in [2.45, 2.75) is 44.7 Å². The van der Waals surface area contributed by atoms with Crippen LogP contribution < -0.4 is 10.6 Å². The number of halogens is 3. The van der Waals surface area contributed by atoms with Crippen molar-refractivity contribution in [3.63, 3.8) is 0 Å². The van der Waals surface area contributed by atoms with E-state index in [9.17, 15) is 22.8 Å². The van der Waals surface area contributed by atoms with E-state index < -0.39 is 28.8 Å². The average Bonchev–Trinajstić information content (AvgIpc) is 3.00. The molecule has 0 aliphatic heterocycles. The summed E-state index contributed by atoms with van der Waals surface area (Å²) in [5, 5.41) is 14.7. The first-order valence-corrected chi connectivity index (χ1v) is 8.69. The molecule has 7 nitrogen and oxygen atoms in total. The van der Waals surface area contributed by atoms with Crippen LogP contribution in [0.1, 0.15) is 49.0 Å². The minimum absolute atomic E-state index is 0.0499. The van der Waals surface area contributed by atoms with Crippen LogP contribution in [0, 0.1) is 22.7 Å². The van der Waals surface area contributed by atoms with E-state index in [1.54, 1.807) is 0 Å². The van der Waals surface area contributed by atoms with Gasteiger partial charge in [0.05, 0.1) is 10.8 Å². The molecule has 4 fully saturated rings. The van der Waals surface area contributed by atoms with Gasteiger partial charge in [-0.2, -0.15) is 18.4 Å². The van der Waals surface area contributed by atoms with Crippen LogP contribution in [0.15, 0.2) is 0 Å². The fraction of sp³-hybridized carbons (Fsp3) is 0.750. The zero-order valence-electron chi connectivity index (χ0n) is 14.2. The number of hydrogen-bond acceptors (Lipinski definition) is 4. The number of anilines is 1. The molecule has 26 heavy (non-hydrogen) atoms. The Kier molecular flexibility index (Phi) is 3.61. The topological polar surface area (TPSA) is 99.8 Å². The summed E-state index contributed by atoms with van der Waals surface area (Å²) < 4.78 is 41.4. The molecule has 142 valence electrons. The first kappa shape index (κ1) is 17.3. The van der Waals surface area contributed by atoms with Gasteiger partial charge in [0.25, 0.3) is 5.91 Å². The van der Waals surface area contributed by atoms with Crippen molar-refractivity contribution < 1.29 is 22.8 Å². The van der Waals surface area contributed by atoms with Gasteiger partial charge in [0.2, 0.25) is 5.91 Å². The van der Waals surface area contributed by atoms with Gasteiger partial charge in [0.15, 0.2) is 11.5 Å². The van der Waals surface area contributed by atoms with Crippen LogP contribution in [0.3, 0.4) is 0 Å². The summed E-state index contributed by atoms with van der Waals surface area (Å²) >= 11 is 0. The van der Waals surface area contributed by atoms with E-state index in [1.807, 2.05) is 0 Å². The van der Waals surface area contributed by atoms with E-state index in [4.69, 9.17) is 0 Å². The Morgan fingerprint density at radius 2 is 1.81 bits per heavy atom. The van der Waals surface area contributed by atoms with Crippen molar-refractivity contribution in [3.05, 3.63) is 5.69 Å². The standard InChI is InChI=1S/C16H20F3N5O2/c1-20-12(25)10-11(23-24-22-10)21-13(26)14-3-8-2-9(4-14)6-15(5-8,7-14)16(17,18)19/h8-9H,2-7H2,1H3,(H,20,25)(H2,21,22,23,24,26). The summed E-state index contributed by atoms with van der Waals surface area (Å²) in [4.78, 5) is 24.8. The third kappa shape index (κ3) is 2.41. The van der Waals surface area contributed by atoms with E-state index >= 15 is 0 Å². The van der Waals surface area contributed by atoms with Gasteiger partial charge >= 0.3 is 6.18 Å². The normalized spacial score (nSPS) is 35.4. The van der Waals surface area contributed by atoms with Crippen molar-refractivity contribution in [1.29, 1.82) is 0 Å². The van der Waals surface area contributed by atoms with Gasteiger partial charge in [-0.15, -0.1) is 10.2 Å². The molecule has 0 radical (unpaired) electrons. The van der Waals surface area contributed by atoms with Crippen molar-refractivity contribution >= 4 is 17.6 Å². The maximum atomic E-state index is 13.8. The zero-order chi connectivity index (χ0) is 18.7. The average molecular weight is 371 g/mol. The Balaban J connectivity index is 1.62. The molecule has 3 N–H and O–H groups in total. The number of nitrogens with zero attached hydrogens (tertiary/aromatic N) is 2. The second-order valence-electron chi connectivity index (χ2n) is 8.07. The Morgan fingerprint density at radius 3 is 2.38 bits per heavy atom. The Bertz CT molecular complexity index is 745. The lowest BCUT2D eigenvalue weighted by Gasteiger charge is -2.61. The highest BCUT2D eigenvalue weighted by molar-refractivity contribution is 6.02. The lowest BCUT2D eigenvalue weighted by Crippen LogP contribution is -2.60. The van der Waals surface area contributed by atoms with Crippen LogP contribution in [-0.4, -0.2) is 40.4 Å². The van der Waals surface area contributed by atoms with Crippen molar-refractivity contribution in [1.82, 2.24) is 20.7 Å². The molecule has 4 aliphatic carbocycles. The quantitative estimate of drug-likeness (QED) is 0.759. The number of carbonyl (C=O) groups is 2. The van der Waals surface area contributed by atoms with Crippen molar-refractivity contribution in [3.8, 4) is 0 Å². The summed E-state index contributed by atoms with van der Waals surface area (Å²) in [6.45, 7) is 0. The number of aromatic nitrogens is 3. The van der Waals surface area contributed by atoms with Crippen LogP contribution in [0.25, 0.3) is 0 Å². The first-order valence-electron chi connectivity index (χ1n) is 8.69.